The van der Waals surface area contributed by atoms with Crippen molar-refractivity contribution in [2.24, 2.45) is 0 Å². The third-order valence-corrected chi connectivity index (χ3v) is 3.76. The van der Waals surface area contributed by atoms with Crippen LogP contribution in [0.15, 0.2) is 54.1 Å². The molecule has 2 aromatic carbocycles. The van der Waals surface area contributed by atoms with E-state index in [-0.39, 0.29) is 5.88 Å². The Kier molecular flexibility index (Phi) is 3.13. The maximum Gasteiger partial charge on any atom is 0.250 e. The first-order valence-corrected chi connectivity index (χ1v) is 6.86. The van der Waals surface area contributed by atoms with Crippen LogP contribution in [0.5, 0.6) is 0 Å². The molecule has 112 valence electrons. The Morgan fingerprint density at radius 1 is 1.18 bits per heavy atom. The lowest BCUT2D eigenvalue weighted by Crippen LogP contribution is -2.32. The fourth-order valence-electron chi connectivity index (χ4n) is 2.55. The summed E-state index contributed by atoms with van der Waals surface area (Å²) < 4.78 is 5.57. The normalized spacial score (nSPS) is 21.1. The summed E-state index contributed by atoms with van der Waals surface area (Å²) in [5.74, 6) is -1.76. The second kappa shape index (κ2) is 4.87. The lowest BCUT2D eigenvalue weighted by Gasteiger charge is -2.23. The van der Waals surface area contributed by atoms with Crippen LogP contribution in [0, 0.1) is 0 Å². The predicted molar refractivity (Wildman–Crippen MR) is 80.9 cm³/mol. The van der Waals surface area contributed by atoms with Gasteiger partial charge in [-0.05, 0) is 23.8 Å². The van der Waals surface area contributed by atoms with Crippen LogP contribution >= 0.6 is 0 Å². The van der Waals surface area contributed by atoms with E-state index in [9.17, 15) is 14.7 Å². The largest absolute Gasteiger partial charge is 0.501 e. The molecule has 5 heteroatoms. The minimum Gasteiger partial charge on any atom is -0.501 e. The zero-order valence-corrected chi connectivity index (χ0v) is 12.2. The molecule has 1 aliphatic rings. The first kappa shape index (κ1) is 14.1. The van der Waals surface area contributed by atoms with E-state index in [2.05, 4.69) is 5.32 Å². The van der Waals surface area contributed by atoms with Gasteiger partial charge in [-0.3, -0.25) is 14.9 Å². The Balaban J connectivity index is 2.03. The van der Waals surface area contributed by atoms with Crippen LogP contribution in [0.3, 0.4) is 0 Å². The number of hydrogen-bond acceptors (Lipinski definition) is 4. The number of rotatable bonds is 2. The molecule has 0 aromatic heterocycles. The molecule has 1 aliphatic heterocycles. The van der Waals surface area contributed by atoms with E-state index in [1.165, 1.54) is 6.92 Å². The minimum absolute atomic E-state index is 0.201. The molecular weight excluding hydrogens is 282 g/mol. The molecule has 0 saturated carbocycles. The monoisotopic (exact) mass is 297 g/mol. The van der Waals surface area contributed by atoms with E-state index < -0.39 is 23.1 Å². The van der Waals surface area contributed by atoms with Gasteiger partial charge >= 0.3 is 0 Å². The van der Waals surface area contributed by atoms with Crippen molar-refractivity contribution in [3.05, 3.63) is 59.7 Å². The van der Waals surface area contributed by atoms with Crippen LogP contribution in [0.1, 0.15) is 19.4 Å². The van der Waals surface area contributed by atoms with E-state index in [0.717, 1.165) is 10.8 Å². The molecule has 2 aromatic rings. The van der Waals surface area contributed by atoms with Crippen molar-refractivity contribution in [2.75, 3.05) is 0 Å². The average Bonchev–Trinajstić information content (AvgIpc) is 2.71. The predicted octanol–water partition coefficient (Wildman–Crippen LogP) is 2.52. The highest BCUT2D eigenvalue weighted by Crippen LogP contribution is 2.37. The van der Waals surface area contributed by atoms with Gasteiger partial charge in [-0.25, -0.2) is 0 Å². The topological polar surface area (TPSA) is 75.6 Å². The number of carbonyl (C=O) groups is 2. The Morgan fingerprint density at radius 2 is 1.86 bits per heavy atom. The molecule has 0 aliphatic carbocycles. The lowest BCUT2D eigenvalue weighted by molar-refractivity contribution is -0.132. The Labute approximate surface area is 127 Å². The fraction of sp³-hybridized carbons (Fsp3) is 0.176. The molecule has 0 spiro atoms. The summed E-state index contributed by atoms with van der Waals surface area (Å²) in [5.41, 5.74) is -0.741. The number of benzene rings is 2. The van der Waals surface area contributed by atoms with E-state index in [4.69, 9.17) is 4.74 Å². The van der Waals surface area contributed by atoms with Gasteiger partial charge in [-0.2, -0.15) is 0 Å². The molecule has 0 radical (unpaired) electrons. The molecule has 2 N–H and O–H groups in total. The number of nitrogens with one attached hydrogen (secondary N) is 1. The molecule has 1 heterocycles. The standard InChI is InChI=1S/C17H15NO4/c1-10(19)18-16-14(20)15(21)17(2,22-16)13-8-7-11-5-3-4-6-12(11)9-13/h3-9,20H,1-2H3,(H,18,19). The van der Waals surface area contributed by atoms with Crippen molar-refractivity contribution < 1.29 is 19.4 Å². The maximum absolute atomic E-state index is 12.4. The fourth-order valence-corrected chi connectivity index (χ4v) is 2.55. The van der Waals surface area contributed by atoms with Crippen molar-refractivity contribution in [1.29, 1.82) is 0 Å². The van der Waals surface area contributed by atoms with Crippen molar-refractivity contribution in [1.82, 2.24) is 5.32 Å². The van der Waals surface area contributed by atoms with E-state index in [1.807, 2.05) is 36.4 Å². The van der Waals surface area contributed by atoms with Gasteiger partial charge in [0, 0.05) is 12.5 Å². The van der Waals surface area contributed by atoms with Crippen molar-refractivity contribution in [2.45, 2.75) is 19.4 Å². The summed E-state index contributed by atoms with van der Waals surface area (Å²) in [6, 6.07) is 13.3. The first-order valence-electron chi connectivity index (χ1n) is 6.86. The van der Waals surface area contributed by atoms with Crippen LogP contribution in [-0.4, -0.2) is 16.8 Å². The van der Waals surface area contributed by atoms with E-state index >= 15 is 0 Å². The molecule has 0 saturated heterocycles. The summed E-state index contributed by atoms with van der Waals surface area (Å²) in [4.78, 5) is 23.5. The van der Waals surface area contributed by atoms with Crippen LogP contribution in [-0.2, 0) is 19.9 Å². The van der Waals surface area contributed by atoms with Gasteiger partial charge in [0.15, 0.2) is 5.60 Å². The number of hydrogen-bond donors (Lipinski definition) is 2. The number of ketones is 1. The smallest absolute Gasteiger partial charge is 0.250 e. The third-order valence-electron chi connectivity index (χ3n) is 3.76. The molecule has 22 heavy (non-hydrogen) atoms. The van der Waals surface area contributed by atoms with Gasteiger partial charge in [0.25, 0.3) is 5.78 Å². The summed E-state index contributed by atoms with van der Waals surface area (Å²) in [5, 5.41) is 14.2. The van der Waals surface area contributed by atoms with Crippen LogP contribution in [0.25, 0.3) is 10.8 Å². The SMILES string of the molecule is CC(=O)NC1=C(O)C(=O)C(C)(c2ccc3ccccc3c2)O1. The van der Waals surface area contributed by atoms with Gasteiger partial charge in [-0.1, -0.05) is 36.4 Å². The second-order valence-corrected chi connectivity index (χ2v) is 5.39. The molecule has 0 fully saturated rings. The van der Waals surface area contributed by atoms with Crippen LogP contribution in [0.4, 0.5) is 0 Å². The molecule has 1 atom stereocenters. The zero-order chi connectivity index (χ0) is 15.9. The lowest BCUT2D eigenvalue weighted by atomic mass is 9.90. The summed E-state index contributed by atoms with van der Waals surface area (Å²) in [7, 11) is 0. The van der Waals surface area contributed by atoms with Gasteiger partial charge in [-0.15, -0.1) is 0 Å². The van der Waals surface area contributed by atoms with E-state index in [0.29, 0.717) is 5.56 Å². The summed E-state index contributed by atoms with van der Waals surface area (Å²) in [6.07, 6.45) is 0. The second-order valence-electron chi connectivity index (χ2n) is 5.39. The highest BCUT2D eigenvalue weighted by Gasteiger charge is 2.48. The van der Waals surface area contributed by atoms with E-state index in [1.54, 1.807) is 13.0 Å². The molecule has 0 bridgehead atoms. The number of aliphatic hydroxyl groups excluding tert-OH is 1. The average molecular weight is 297 g/mol. The summed E-state index contributed by atoms with van der Waals surface area (Å²) in [6.45, 7) is 2.85. The third kappa shape index (κ3) is 2.11. The number of ether oxygens (including phenoxy) is 1. The van der Waals surface area contributed by atoms with Crippen molar-refractivity contribution in [3.8, 4) is 0 Å². The first-order chi connectivity index (χ1) is 10.4. The minimum atomic E-state index is -1.36. The molecule has 5 nitrogen and oxygen atoms in total. The summed E-state index contributed by atoms with van der Waals surface area (Å²) >= 11 is 0. The Hall–Kier alpha value is -2.82. The van der Waals surface area contributed by atoms with Gasteiger partial charge < -0.3 is 9.84 Å². The number of fused-ring (bicyclic) bond motifs is 1. The highest BCUT2D eigenvalue weighted by atomic mass is 16.5. The number of aliphatic hydroxyl groups is 1. The van der Waals surface area contributed by atoms with Gasteiger partial charge in [0.2, 0.25) is 17.5 Å². The van der Waals surface area contributed by atoms with Crippen LogP contribution < -0.4 is 5.32 Å². The Morgan fingerprint density at radius 3 is 2.55 bits per heavy atom. The number of carbonyl (C=O) groups excluding carboxylic acids is 2. The molecule has 3 rings (SSSR count). The van der Waals surface area contributed by atoms with Gasteiger partial charge in [0.05, 0.1) is 0 Å². The number of Topliss-reactive ketones (excluding diaryl/α,β-unsaturated/α-hetero) is 1. The number of amides is 1. The zero-order valence-electron chi connectivity index (χ0n) is 12.2. The maximum atomic E-state index is 12.4. The molecular formula is C17H15NO4. The Bertz CT molecular complexity index is 824. The quantitative estimate of drug-likeness (QED) is 0.893. The van der Waals surface area contributed by atoms with Crippen LogP contribution in [0.2, 0.25) is 0 Å². The highest BCUT2D eigenvalue weighted by molar-refractivity contribution is 6.03. The molecule has 1 amide bonds. The van der Waals surface area contributed by atoms with Crippen molar-refractivity contribution >= 4 is 22.5 Å². The van der Waals surface area contributed by atoms with Gasteiger partial charge in [0.1, 0.15) is 0 Å². The van der Waals surface area contributed by atoms with Crippen molar-refractivity contribution in [3.63, 3.8) is 0 Å². The molecule has 1 unspecified atom stereocenters.